The van der Waals surface area contributed by atoms with Crippen LogP contribution in [0.4, 0.5) is 4.79 Å². The number of carboxylic acid groups (broad SMARTS) is 1. The fourth-order valence-corrected chi connectivity index (χ4v) is 1.97. The van der Waals surface area contributed by atoms with Crippen LogP contribution in [0.25, 0.3) is 0 Å². The van der Waals surface area contributed by atoms with Crippen molar-refractivity contribution in [2.24, 2.45) is 0 Å². The first-order valence-corrected chi connectivity index (χ1v) is 8.02. The lowest BCUT2D eigenvalue weighted by Crippen LogP contribution is -2.30. The van der Waals surface area contributed by atoms with E-state index in [0.29, 0.717) is 6.54 Å². The second kappa shape index (κ2) is 16.2. The number of nitrogens with one attached hydrogen (secondary N) is 2. The number of amides is 1. The third-order valence-corrected chi connectivity index (χ3v) is 3.15. The molecule has 0 aromatic carbocycles. The summed E-state index contributed by atoms with van der Waals surface area (Å²) in [7, 11) is 0. The van der Waals surface area contributed by atoms with E-state index in [1.165, 1.54) is 38.5 Å². The molecule has 1 fully saturated rings. The van der Waals surface area contributed by atoms with Gasteiger partial charge in [0.05, 0.1) is 13.2 Å². The summed E-state index contributed by atoms with van der Waals surface area (Å²) in [5.41, 5.74) is 0. The molecule has 0 aromatic rings. The molecule has 1 amide bonds. The van der Waals surface area contributed by atoms with Gasteiger partial charge in [0, 0.05) is 19.6 Å². The Morgan fingerprint density at radius 1 is 1.05 bits per heavy atom. The van der Waals surface area contributed by atoms with Gasteiger partial charge in [-0.2, -0.15) is 0 Å². The second-order valence-corrected chi connectivity index (χ2v) is 5.07. The lowest BCUT2D eigenvalue weighted by molar-refractivity contribution is 0.109. The molecule has 3 N–H and O–H groups in total. The van der Waals surface area contributed by atoms with Crippen molar-refractivity contribution >= 4 is 6.09 Å². The fraction of sp³-hybridized carbons (Fsp3) is 0.933. The van der Waals surface area contributed by atoms with Crippen molar-refractivity contribution < 1.29 is 14.6 Å². The number of carbonyl (C=O) groups is 1. The molecule has 0 aromatic heterocycles. The standard InChI is InChI=1S/C11H23NO2.C4H9NO/c1-2-3-4-5-6-7-8-9-10-12-11(13)14;1-3-6-4-2-5-1/h12H,2-10H2,1H3,(H,13,14);5H,1-4H2. The highest BCUT2D eigenvalue weighted by Gasteiger charge is 1.94. The molecular formula is C15H32N2O3. The molecule has 0 saturated carbocycles. The Labute approximate surface area is 123 Å². The van der Waals surface area contributed by atoms with E-state index in [0.717, 1.165) is 39.1 Å². The molecule has 0 radical (unpaired) electrons. The van der Waals surface area contributed by atoms with E-state index < -0.39 is 6.09 Å². The first kappa shape index (κ1) is 19.2. The maximum atomic E-state index is 10.1. The van der Waals surface area contributed by atoms with Gasteiger partial charge in [0.2, 0.25) is 0 Å². The van der Waals surface area contributed by atoms with E-state index in [-0.39, 0.29) is 0 Å². The van der Waals surface area contributed by atoms with Crippen LogP contribution < -0.4 is 10.6 Å². The number of unbranched alkanes of at least 4 members (excludes halogenated alkanes) is 7. The molecule has 0 unspecified atom stereocenters. The van der Waals surface area contributed by atoms with E-state index in [4.69, 9.17) is 9.84 Å². The summed E-state index contributed by atoms with van der Waals surface area (Å²) in [4.78, 5) is 10.1. The van der Waals surface area contributed by atoms with Gasteiger partial charge in [0.1, 0.15) is 0 Å². The predicted molar refractivity (Wildman–Crippen MR) is 82.3 cm³/mol. The molecule has 0 atom stereocenters. The van der Waals surface area contributed by atoms with Crippen LogP contribution >= 0.6 is 0 Å². The van der Waals surface area contributed by atoms with Crippen LogP contribution in [0.1, 0.15) is 58.3 Å². The Balaban J connectivity index is 0.000000493. The van der Waals surface area contributed by atoms with Gasteiger partial charge in [-0.25, -0.2) is 4.79 Å². The molecule has 1 rings (SSSR count). The highest BCUT2D eigenvalue weighted by Crippen LogP contribution is 2.07. The van der Waals surface area contributed by atoms with Gasteiger partial charge in [0.25, 0.3) is 0 Å². The van der Waals surface area contributed by atoms with Crippen molar-refractivity contribution in [1.82, 2.24) is 10.6 Å². The van der Waals surface area contributed by atoms with Crippen LogP contribution in [-0.2, 0) is 4.74 Å². The van der Waals surface area contributed by atoms with E-state index >= 15 is 0 Å². The second-order valence-electron chi connectivity index (χ2n) is 5.07. The molecule has 1 aliphatic rings. The smallest absolute Gasteiger partial charge is 0.404 e. The van der Waals surface area contributed by atoms with Crippen LogP contribution in [-0.4, -0.2) is 44.0 Å². The van der Waals surface area contributed by atoms with E-state index in [9.17, 15) is 4.79 Å². The largest absolute Gasteiger partial charge is 0.465 e. The molecule has 120 valence electrons. The number of morpholine rings is 1. The predicted octanol–water partition coefficient (Wildman–Crippen LogP) is 3.00. The van der Waals surface area contributed by atoms with Crippen molar-refractivity contribution in [2.75, 3.05) is 32.8 Å². The number of ether oxygens (including phenoxy) is 1. The Hall–Kier alpha value is -0.810. The molecule has 0 aliphatic carbocycles. The highest BCUT2D eigenvalue weighted by atomic mass is 16.5. The average molecular weight is 288 g/mol. The van der Waals surface area contributed by atoms with Crippen LogP contribution in [0.2, 0.25) is 0 Å². The van der Waals surface area contributed by atoms with E-state index in [2.05, 4.69) is 17.6 Å². The van der Waals surface area contributed by atoms with Gasteiger partial charge in [-0.1, -0.05) is 51.9 Å². The Kier molecular flexibility index (Phi) is 15.6. The molecule has 1 saturated heterocycles. The topological polar surface area (TPSA) is 70.6 Å². The minimum atomic E-state index is -0.909. The van der Waals surface area contributed by atoms with Crippen molar-refractivity contribution in [2.45, 2.75) is 58.3 Å². The maximum Gasteiger partial charge on any atom is 0.404 e. The van der Waals surface area contributed by atoms with Gasteiger partial charge < -0.3 is 20.5 Å². The zero-order chi connectivity index (χ0) is 14.9. The van der Waals surface area contributed by atoms with Crippen molar-refractivity contribution in [1.29, 1.82) is 0 Å². The minimum absolute atomic E-state index is 0.601. The Morgan fingerprint density at radius 2 is 1.60 bits per heavy atom. The Bertz CT molecular complexity index is 198. The summed E-state index contributed by atoms with van der Waals surface area (Å²) >= 11 is 0. The average Bonchev–Trinajstić information content (AvgIpc) is 2.48. The zero-order valence-corrected chi connectivity index (χ0v) is 13.0. The zero-order valence-electron chi connectivity index (χ0n) is 13.0. The van der Waals surface area contributed by atoms with Crippen LogP contribution in [0.5, 0.6) is 0 Å². The fourth-order valence-electron chi connectivity index (χ4n) is 1.97. The van der Waals surface area contributed by atoms with Crippen molar-refractivity contribution in [3.05, 3.63) is 0 Å². The summed E-state index contributed by atoms with van der Waals surface area (Å²) in [5.74, 6) is 0. The lowest BCUT2D eigenvalue weighted by Gasteiger charge is -2.10. The molecular weight excluding hydrogens is 256 g/mol. The van der Waals surface area contributed by atoms with Crippen molar-refractivity contribution in [3.8, 4) is 0 Å². The molecule has 1 heterocycles. The van der Waals surface area contributed by atoms with Gasteiger partial charge in [0.15, 0.2) is 0 Å². The Morgan fingerprint density at radius 3 is 2.00 bits per heavy atom. The quantitative estimate of drug-likeness (QED) is 0.570. The monoisotopic (exact) mass is 288 g/mol. The molecule has 20 heavy (non-hydrogen) atoms. The molecule has 0 bridgehead atoms. The number of hydrogen-bond donors (Lipinski definition) is 3. The van der Waals surface area contributed by atoms with Gasteiger partial charge in [-0.3, -0.25) is 0 Å². The van der Waals surface area contributed by atoms with Gasteiger partial charge in [-0.15, -0.1) is 0 Å². The van der Waals surface area contributed by atoms with Crippen LogP contribution in [0.3, 0.4) is 0 Å². The molecule has 5 heteroatoms. The van der Waals surface area contributed by atoms with E-state index in [1.54, 1.807) is 0 Å². The van der Waals surface area contributed by atoms with Gasteiger partial charge >= 0.3 is 6.09 Å². The summed E-state index contributed by atoms with van der Waals surface area (Å²) in [6.45, 7) is 6.65. The normalized spacial score (nSPS) is 14.2. The van der Waals surface area contributed by atoms with Crippen LogP contribution in [0, 0.1) is 0 Å². The minimum Gasteiger partial charge on any atom is -0.465 e. The summed E-state index contributed by atoms with van der Waals surface area (Å²) in [6, 6.07) is 0. The third-order valence-electron chi connectivity index (χ3n) is 3.15. The van der Waals surface area contributed by atoms with Crippen LogP contribution in [0.15, 0.2) is 0 Å². The number of rotatable bonds is 9. The summed E-state index contributed by atoms with van der Waals surface area (Å²) in [5, 5.41) is 13.8. The van der Waals surface area contributed by atoms with Crippen molar-refractivity contribution in [3.63, 3.8) is 0 Å². The SMILES string of the molecule is C1COCCN1.CCCCCCCCCCNC(=O)O. The highest BCUT2D eigenvalue weighted by molar-refractivity contribution is 5.64. The van der Waals surface area contributed by atoms with Gasteiger partial charge in [-0.05, 0) is 6.42 Å². The third kappa shape index (κ3) is 17.2. The first-order valence-electron chi connectivity index (χ1n) is 8.02. The lowest BCUT2D eigenvalue weighted by atomic mass is 10.1. The molecule has 5 nitrogen and oxygen atoms in total. The summed E-state index contributed by atoms with van der Waals surface area (Å²) in [6.07, 6.45) is 9.07. The maximum absolute atomic E-state index is 10.1. The molecule has 1 aliphatic heterocycles. The first-order chi connectivity index (χ1) is 9.77. The van der Waals surface area contributed by atoms with E-state index in [1.807, 2.05) is 0 Å². The summed E-state index contributed by atoms with van der Waals surface area (Å²) < 4.78 is 5.01. The number of hydrogen-bond acceptors (Lipinski definition) is 3. The molecule has 0 spiro atoms.